The third-order valence-electron chi connectivity index (χ3n) is 2.91. The predicted molar refractivity (Wildman–Crippen MR) is 73.5 cm³/mol. The van der Waals surface area contributed by atoms with Gasteiger partial charge in [-0.1, -0.05) is 36.8 Å². The van der Waals surface area contributed by atoms with Crippen molar-refractivity contribution in [2.45, 2.75) is 39.2 Å². The van der Waals surface area contributed by atoms with Gasteiger partial charge in [0, 0.05) is 13.2 Å². The molecule has 96 valence electrons. The van der Waals surface area contributed by atoms with Crippen molar-refractivity contribution in [3.8, 4) is 0 Å². The van der Waals surface area contributed by atoms with Crippen LogP contribution in [0.3, 0.4) is 0 Å². The second-order valence-corrected chi connectivity index (χ2v) is 4.63. The number of nitrogens with one attached hydrogen (secondary N) is 1. The molecule has 0 bridgehead atoms. The molecule has 0 aliphatic carbocycles. The van der Waals surface area contributed by atoms with E-state index in [1.54, 1.807) is 7.11 Å². The zero-order valence-corrected chi connectivity index (χ0v) is 11.3. The number of ether oxygens (including phenoxy) is 1. The molecule has 1 atom stereocenters. The van der Waals surface area contributed by atoms with E-state index in [9.17, 15) is 0 Å². The van der Waals surface area contributed by atoms with Crippen LogP contribution in [0.25, 0.3) is 0 Å². The Morgan fingerprint density at radius 3 is 2.82 bits per heavy atom. The number of benzene rings is 1. The lowest BCUT2D eigenvalue weighted by Crippen LogP contribution is -2.34. The van der Waals surface area contributed by atoms with E-state index < -0.39 is 0 Å². The summed E-state index contributed by atoms with van der Waals surface area (Å²) < 4.78 is 5.25. The van der Waals surface area contributed by atoms with E-state index >= 15 is 0 Å². The van der Waals surface area contributed by atoms with Gasteiger partial charge in [0.1, 0.15) is 0 Å². The van der Waals surface area contributed by atoms with E-state index in [-0.39, 0.29) is 0 Å². The molecule has 1 aromatic rings. The first kappa shape index (κ1) is 14.2. The van der Waals surface area contributed by atoms with Crippen molar-refractivity contribution in [1.82, 2.24) is 5.32 Å². The third-order valence-corrected chi connectivity index (χ3v) is 2.91. The fourth-order valence-electron chi connectivity index (χ4n) is 2.00. The SMILES string of the molecule is CCCNC(CCc1cccc(C)c1)COC. The summed E-state index contributed by atoms with van der Waals surface area (Å²) in [4.78, 5) is 0. The lowest BCUT2D eigenvalue weighted by Gasteiger charge is -2.17. The molecular weight excluding hydrogens is 210 g/mol. The number of hydrogen-bond donors (Lipinski definition) is 1. The maximum Gasteiger partial charge on any atom is 0.0615 e. The molecule has 1 unspecified atom stereocenters. The van der Waals surface area contributed by atoms with Crippen molar-refractivity contribution in [3.63, 3.8) is 0 Å². The molecule has 0 aliphatic heterocycles. The highest BCUT2D eigenvalue weighted by Crippen LogP contribution is 2.08. The van der Waals surface area contributed by atoms with Crippen molar-refractivity contribution in [3.05, 3.63) is 35.4 Å². The molecule has 0 saturated carbocycles. The maximum absolute atomic E-state index is 5.25. The topological polar surface area (TPSA) is 21.3 Å². The van der Waals surface area contributed by atoms with E-state index in [2.05, 4.69) is 43.4 Å². The van der Waals surface area contributed by atoms with E-state index in [0.717, 1.165) is 26.0 Å². The fraction of sp³-hybridized carbons (Fsp3) is 0.600. The van der Waals surface area contributed by atoms with Gasteiger partial charge in [-0.2, -0.15) is 0 Å². The molecule has 0 heterocycles. The van der Waals surface area contributed by atoms with Crippen LogP contribution in [-0.4, -0.2) is 26.3 Å². The lowest BCUT2D eigenvalue weighted by molar-refractivity contribution is 0.162. The molecule has 0 fully saturated rings. The first-order valence-electron chi connectivity index (χ1n) is 6.54. The van der Waals surface area contributed by atoms with Crippen molar-refractivity contribution in [2.24, 2.45) is 0 Å². The Balaban J connectivity index is 2.39. The van der Waals surface area contributed by atoms with Gasteiger partial charge < -0.3 is 10.1 Å². The standard InChI is InChI=1S/C15H25NO/c1-4-10-16-15(12-17-3)9-8-14-7-5-6-13(2)11-14/h5-7,11,15-16H,4,8-10,12H2,1-3H3. The molecule has 0 aromatic heterocycles. The molecule has 0 saturated heterocycles. The maximum atomic E-state index is 5.25. The van der Waals surface area contributed by atoms with Crippen LogP contribution in [0.1, 0.15) is 30.9 Å². The van der Waals surface area contributed by atoms with Crippen LogP contribution in [0.4, 0.5) is 0 Å². The monoisotopic (exact) mass is 235 g/mol. The summed E-state index contributed by atoms with van der Waals surface area (Å²) in [6.07, 6.45) is 3.42. The van der Waals surface area contributed by atoms with Gasteiger partial charge in [0.2, 0.25) is 0 Å². The molecular formula is C15H25NO. The molecule has 1 aromatic carbocycles. The lowest BCUT2D eigenvalue weighted by atomic mass is 10.0. The van der Waals surface area contributed by atoms with Gasteiger partial charge in [-0.25, -0.2) is 0 Å². The van der Waals surface area contributed by atoms with Gasteiger partial charge in [-0.3, -0.25) is 0 Å². The van der Waals surface area contributed by atoms with Gasteiger partial charge in [0.15, 0.2) is 0 Å². The van der Waals surface area contributed by atoms with Crippen LogP contribution in [-0.2, 0) is 11.2 Å². The normalized spacial score (nSPS) is 12.6. The number of rotatable bonds is 8. The second kappa shape index (κ2) is 8.26. The van der Waals surface area contributed by atoms with Crippen LogP contribution in [0, 0.1) is 6.92 Å². The molecule has 17 heavy (non-hydrogen) atoms. The van der Waals surface area contributed by atoms with Gasteiger partial charge >= 0.3 is 0 Å². The summed E-state index contributed by atoms with van der Waals surface area (Å²) in [5.74, 6) is 0. The molecule has 2 nitrogen and oxygen atoms in total. The van der Waals surface area contributed by atoms with Gasteiger partial charge in [-0.15, -0.1) is 0 Å². The van der Waals surface area contributed by atoms with Crippen molar-refractivity contribution in [1.29, 1.82) is 0 Å². The largest absolute Gasteiger partial charge is 0.383 e. The first-order valence-corrected chi connectivity index (χ1v) is 6.54. The average molecular weight is 235 g/mol. The van der Waals surface area contributed by atoms with Gasteiger partial charge in [-0.05, 0) is 38.3 Å². The highest BCUT2D eigenvalue weighted by Gasteiger charge is 2.07. The molecule has 2 heteroatoms. The molecule has 0 aliphatic rings. The zero-order chi connectivity index (χ0) is 12.5. The molecule has 1 N–H and O–H groups in total. The highest BCUT2D eigenvalue weighted by molar-refractivity contribution is 5.22. The van der Waals surface area contributed by atoms with Crippen molar-refractivity contribution in [2.75, 3.05) is 20.3 Å². The summed E-state index contributed by atoms with van der Waals surface area (Å²) in [7, 11) is 1.77. The summed E-state index contributed by atoms with van der Waals surface area (Å²) in [6, 6.07) is 9.22. The number of hydrogen-bond acceptors (Lipinski definition) is 2. The highest BCUT2D eigenvalue weighted by atomic mass is 16.5. The van der Waals surface area contributed by atoms with Crippen LogP contribution < -0.4 is 5.32 Å². The summed E-state index contributed by atoms with van der Waals surface area (Å²) in [5, 5.41) is 3.53. The van der Waals surface area contributed by atoms with Crippen molar-refractivity contribution < 1.29 is 4.74 Å². The van der Waals surface area contributed by atoms with Crippen LogP contribution in [0.5, 0.6) is 0 Å². The number of methoxy groups -OCH3 is 1. The number of aryl methyl sites for hydroxylation is 2. The van der Waals surface area contributed by atoms with Gasteiger partial charge in [0.05, 0.1) is 6.61 Å². The van der Waals surface area contributed by atoms with Gasteiger partial charge in [0.25, 0.3) is 0 Å². The Labute approximate surface area is 105 Å². The Morgan fingerprint density at radius 2 is 2.18 bits per heavy atom. The third kappa shape index (κ3) is 5.85. The van der Waals surface area contributed by atoms with Crippen LogP contribution in [0.15, 0.2) is 24.3 Å². The van der Waals surface area contributed by atoms with E-state index in [1.807, 2.05) is 0 Å². The van der Waals surface area contributed by atoms with E-state index in [1.165, 1.54) is 17.5 Å². The summed E-state index contributed by atoms with van der Waals surface area (Å²) >= 11 is 0. The Hall–Kier alpha value is -0.860. The minimum absolute atomic E-state index is 0.473. The molecule has 0 spiro atoms. The quantitative estimate of drug-likeness (QED) is 0.748. The summed E-state index contributed by atoms with van der Waals surface area (Å²) in [5.41, 5.74) is 2.76. The Bertz CT molecular complexity index is 312. The Kier molecular flexibility index (Phi) is 6.90. The molecule has 0 amide bonds. The van der Waals surface area contributed by atoms with Crippen LogP contribution >= 0.6 is 0 Å². The molecule has 0 radical (unpaired) electrons. The van der Waals surface area contributed by atoms with Crippen LogP contribution in [0.2, 0.25) is 0 Å². The zero-order valence-electron chi connectivity index (χ0n) is 11.3. The smallest absolute Gasteiger partial charge is 0.0615 e. The first-order chi connectivity index (χ1) is 8.26. The predicted octanol–water partition coefficient (Wildman–Crippen LogP) is 2.94. The van der Waals surface area contributed by atoms with E-state index in [4.69, 9.17) is 4.74 Å². The fourth-order valence-corrected chi connectivity index (χ4v) is 2.00. The minimum atomic E-state index is 0.473. The average Bonchev–Trinajstić information content (AvgIpc) is 2.33. The summed E-state index contributed by atoms with van der Waals surface area (Å²) in [6.45, 7) is 6.20. The van der Waals surface area contributed by atoms with E-state index in [0.29, 0.717) is 6.04 Å². The minimum Gasteiger partial charge on any atom is -0.383 e. The second-order valence-electron chi connectivity index (χ2n) is 4.63. The van der Waals surface area contributed by atoms with Crippen molar-refractivity contribution >= 4 is 0 Å². The Morgan fingerprint density at radius 1 is 1.35 bits per heavy atom. The molecule has 1 rings (SSSR count).